The Morgan fingerprint density at radius 3 is 2.43 bits per heavy atom. The maximum Gasteiger partial charge on any atom is 0.573 e. The molecule has 1 heterocycles. The van der Waals surface area contributed by atoms with E-state index >= 15 is 0 Å². The van der Waals surface area contributed by atoms with Crippen LogP contribution in [0.2, 0.25) is 0 Å². The second kappa shape index (κ2) is 6.49. The molecule has 150 valence electrons. The lowest BCUT2D eigenvalue weighted by Gasteiger charge is -2.18. The molecule has 2 aromatic rings. The van der Waals surface area contributed by atoms with Gasteiger partial charge in [-0.15, -0.1) is 13.2 Å². The van der Waals surface area contributed by atoms with Gasteiger partial charge in [-0.3, -0.25) is 9.35 Å². The molecule has 0 saturated heterocycles. The van der Waals surface area contributed by atoms with Crippen molar-refractivity contribution in [3.63, 3.8) is 0 Å². The Labute approximate surface area is 158 Å². The SMILES string of the molecule is CC1(C)COc2c(-c3cc(C=O)ccc3OC(F)(F)F)cc(S(=O)(=O)O)cc21. The van der Waals surface area contributed by atoms with Crippen LogP contribution in [0.4, 0.5) is 13.2 Å². The molecule has 0 amide bonds. The van der Waals surface area contributed by atoms with Crippen LogP contribution in [-0.2, 0) is 15.5 Å². The van der Waals surface area contributed by atoms with Crippen LogP contribution in [0.1, 0.15) is 29.8 Å². The Hall–Kier alpha value is -2.59. The average molecular weight is 416 g/mol. The predicted molar refractivity (Wildman–Crippen MR) is 92.3 cm³/mol. The summed E-state index contributed by atoms with van der Waals surface area (Å²) < 4.78 is 81.0. The van der Waals surface area contributed by atoms with Gasteiger partial charge in [0.25, 0.3) is 10.1 Å². The van der Waals surface area contributed by atoms with Crippen molar-refractivity contribution >= 4 is 16.4 Å². The minimum absolute atomic E-state index is 0.0429. The molecule has 0 spiro atoms. The van der Waals surface area contributed by atoms with Crippen molar-refractivity contribution in [2.45, 2.75) is 30.5 Å². The molecule has 3 rings (SSSR count). The summed E-state index contributed by atoms with van der Waals surface area (Å²) in [5.41, 5.74) is -0.446. The molecule has 0 atom stereocenters. The van der Waals surface area contributed by atoms with Crippen LogP contribution in [0.15, 0.2) is 35.2 Å². The van der Waals surface area contributed by atoms with Crippen molar-refractivity contribution in [2.75, 3.05) is 6.61 Å². The van der Waals surface area contributed by atoms with Crippen LogP contribution in [0, 0.1) is 0 Å². The van der Waals surface area contributed by atoms with Gasteiger partial charge in [0, 0.05) is 27.7 Å². The summed E-state index contributed by atoms with van der Waals surface area (Å²) >= 11 is 0. The molecule has 0 saturated carbocycles. The molecule has 10 heteroatoms. The van der Waals surface area contributed by atoms with Gasteiger partial charge in [0.05, 0.1) is 11.5 Å². The summed E-state index contributed by atoms with van der Waals surface area (Å²) in [7, 11) is -4.66. The number of carbonyl (C=O) groups is 1. The lowest BCUT2D eigenvalue weighted by atomic mass is 9.85. The minimum atomic E-state index is -5.01. The molecule has 1 aliphatic heterocycles. The van der Waals surface area contributed by atoms with Crippen LogP contribution >= 0.6 is 0 Å². The van der Waals surface area contributed by atoms with E-state index in [1.165, 1.54) is 6.07 Å². The number of ether oxygens (including phenoxy) is 2. The average Bonchev–Trinajstić information content (AvgIpc) is 2.88. The van der Waals surface area contributed by atoms with Gasteiger partial charge in [0.2, 0.25) is 0 Å². The van der Waals surface area contributed by atoms with E-state index in [0.717, 1.165) is 24.3 Å². The Bertz CT molecular complexity index is 1060. The van der Waals surface area contributed by atoms with Gasteiger partial charge in [-0.05, 0) is 30.3 Å². The first-order valence-corrected chi connectivity index (χ1v) is 9.40. The highest BCUT2D eigenvalue weighted by Gasteiger charge is 2.37. The van der Waals surface area contributed by atoms with Gasteiger partial charge in [0.15, 0.2) is 0 Å². The van der Waals surface area contributed by atoms with Crippen molar-refractivity contribution in [1.82, 2.24) is 0 Å². The number of aldehydes is 1. The van der Waals surface area contributed by atoms with Gasteiger partial charge in [-0.1, -0.05) is 13.8 Å². The van der Waals surface area contributed by atoms with E-state index < -0.39 is 32.5 Å². The molecule has 0 unspecified atom stereocenters. The van der Waals surface area contributed by atoms with Crippen LogP contribution in [0.5, 0.6) is 11.5 Å². The molecule has 0 bridgehead atoms. The molecule has 2 aromatic carbocycles. The minimum Gasteiger partial charge on any atom is -0.492 e. The van der Waals surface area contributed by atoms with Crippen LogP contribution in [-0.4, -0.2) is 32.2 Å². The Morgan fingerprint density at radius 1 is 1.18 bits per heavy atom. The third-order valence-electron chi connectivity index (χ3n) is 4.32. The van der Waals surface area contributed by atoms with Crippen molar-refractivity contribution in [2.24, 2.45) is 0 Å². The standard InChI is InChI=1S/C18H15F3O6S/c1-17(2)9-26-16-13(6-11(7-14(16)17)28(23,24)25)12-5-10(8-22)3-4-15(12)27-18(19,20)21/h3-8H,9H2,1-2H3,(H,23,24,25). The largest absolute Gasteiger partial charge is 0.573 e. The van der Waals surface area contributed by atoms with E-state index in [0.29, 0.717) is 11.8 Å². The lowest BCUT2D eigenvalue weighted by molar-refractivity contribution is -0.274. The fourth-order valence-corrected chi connectivity index (χ4v) is 3.52. The van der Waals surface area contributed by atoms with E-state index in [9.17, 15) is 30.9 Å². The monoisotopic (exact) mass is 416 g/mol. The molecule has 1 N–H and O–H groups in total. The fraction of sp³-hybridized carbons (Fsp3) is 0.278. The van der Waals surface area contributed by atoms with Gasteiger partial charge in [0.1, 0.15) is 17.8 Å². The van der Waals surface area contributed by atoms with Gasteiger partial charge >= 0.3 is 6.36 Å². The molecule has 0 aliphatic carbocycles. The number of hydrogen-bond acceptors (Lipinski definition) is 5. The van der Waals surface area contributed by atoms with Crippen LogP contribution in [0.3, 0.4) is 0 Å². The highest BCUT2D eigenvalue weighted by Crippen LogP contribution is 2.48. The van der Waals surface area contributed by atoms with Crippen molar-refractivity contribution in [3.05, 3.63) is 41.5 Å². The number of rotatable bonds is 4. The molecular formula is C18H15F3O6S. The highest BCUT2D eigenvalue weighted by atomic mass is 32.2. The van der Waals surface area contributed by atoms with Crippen molar-refractivity contribution in [3.8, 4) is 22.6 Å². The van der Waals surface area contributed by atoms with E-state index in [4.69, 9.17) is 4.74 Å². The number of halogens is 3. The van der Waals surface area contributed by atoms with E-state index in [-0.39, 0.29) is 29.0 Å². The van der Waals surface area contributed by atoms with E-state index in [2.05, 4.69) is 4.74 Å². The number of fused-ring (bicyclic) bond motifs is 1. The topological polar surface area (TPSA) is 89.9 Å². The summed E-state index contributed by atoms with van der Waals surface area (Å²) in [6, 6.07) is 5.43. The van der Waals surface area contributed by atoms with Gasteiger partial charge < -0.3 is 9.47 Å². The third kappa shape index (κ3) is 3.83. The quantitative estimate of drug-likeness (QED) is 0.599. The molecule has 0 fully saturated rings. The Balaban J connectivity index is 2.35. The lowest BCUT2D eigenvalue weighted by Crippen LogP contribution is -2.18. The maximum atomic E-state index is 12.8. The maximum absolute atomic E-state index is 12.8. The molecule has 28 heavy (non-hydrogen) atoms. The second-order valence-corrected chi connectivity index (χ2v) is 8.34. The van der Waals surface area contributed by atoms with Crippen molar-refractivity contribution in [1.29, 1.82) is 0 Å². The third-order valence-corrected chi connectivity index (χ3v) is 5.15. The number of benzene rings is 2. The second-order valence-electron chi connectivity index (χ2n) is 6.92. The summed E-state index contributed by atoms with van der Waals surface area (Å²) in [6.07, 6.45) is -4.58. The highest BCUT2D eigenvalue weighted by molar-refractivity contribution is 7.85. The number of hydrogen-bond donors (Lipinski definition) is 1. The zero-order valence-corrected chi connectivity index (χ0v) is 15.5. The van der Waals surface area contributed by atoms with Crippen LogP contribution < -0.4 is 9.47 Å². The Kier molecular flexibility index (Phi) is 4.67. The van der Waals surface area contributed by atoms with Crippen LogP contribution in [0.25, 0.3) is 11.1 Å². The summed E-state index contributed by atoms with van der Waals surface area (Å²) in [4.78, 5) is 10.6. The fourth-order valence-electron chi connectivity index (χ4n) is 2.98. The van der Waals surface area contributed by atoms with E-state index in [1.54, 1.807) is 13.8 Å². The number of alkyl halides is 3. The molecule has 1 aliphatic rings. The first kappa shape index (κ1) is 20.2. The first-order chi connectivity index (χ1) is 12.8. The summed E-state index contributed by atoms with van der Waals surface area (Å²) in [5.74, 6) is -0.478. The zero-order valence-electron chi connectivity index (χ0n) is 14.7. The van der Waals surface area contributed by atoms with Gasteiger partial charge in [-0.25, -0.2) is 0 Å². The Morgan fingerprint density at radius 2 is 1.86 bits per heavy atom. The first-order valence-electron chi connectivity index (χ1n) is 7.96. The zero-order chi connectivity index (χ0) is 20.9. The molecule has 6 nitrogen and oxygen atoms in total. The van der Waals surface area contributed by atoms with Crippen molar-refractivity contribution < 1.29 is 40.4 Å². The molecule has 0 aromatic heterocycles. The summed E-state index contributed by atoms with van der Waals surface area (Å²) in [6.45, 7) is 3.66. The van der Waals surface area contributed by atoms with E-state index in [1.807, 2.05) is 0 Å². The van der Waals surface area contributed by atoms with Gasteiger partial charge in [-0.2, -0.15) is 8.42 Å². The molecular weight excluding hydrogens is 401 g/mol. The molecule has 0 radical (unpaired) electrons. The number of carbonyl (C=O) groups excluding carboxylic acids is 1. The summed E-state index contributed by atoms with van der Waals surface area (Å²) in [5, 5.41) is 0. The predicted octanol–water partition coefficient (Wildman–Crippen LogP) is 3.98. The smallest absolute Gasteiger partial charge is 0.492 e. The normalized spacial score (nSPS) is 15.6.